The van der Waals surface area contributed by atoms with Crippen LogP contribution in [0, 0.1) is 17.6 Å². The number of nitrogens with zero attached hydrogens (tertiary/aromatic N) is 1. The van der Waals surface area contributed by atoms with Crippen molar-refractivity contribution in [2.75, 3.05) is 11.4 Å². The highest BCUT2D eigenvalue weighted by Crippen LogP contribution is 2.28. The van der Waals surface area contributed by atoms with E-state index in [1.165, 1.54) is 6.07 Å². The molecule has 0 bridgehead atoms. The number of amides is 2. The van der Waals surface area contributed by atoms with Gasteiger partial charge in [-0.15, -0.1) is 12.4 Å². The summed E-state index contributed by atoms with van der Waals surface area (Å²) >= 11 is 0. The lowest BCUT2D eigenvalue weighted by atomic mass is 9.94. The van der Waals surface area contributed by atoms with Crippen LogP contribution in [0.25, 0.3) is 0 Å². The fraction of sp³-hybridized carbons (Fsp3) is 0.300. The smallest absolute Gasteiger partial charge is 0.249 e. The van der Waals surface area contributed by atoms with Gasteiger partial charge in [0.05, 0.1) is 5.92 Å². The monoisotopic (exact) mass is 409 g/mol. The molecule has 3 unspecified atom stereocenters. The van der Waals surface area contributed by atoms with Gasteiger partial charge in [-0.3, -0.25) is 9.59 Å². The Morgan fingerprint density at radius 1 is 1.14 bits per heavy atom. The maximum absolute atomic E-state index is 13.9. The average molecular weight is 410 g/mol. The van der Waals surface area contributed by atoms with Crippen molar-refractivity contribution in [1.82, 2.24) is 5.32 Å². The molecule has 0 aromatic heterocycles. The van der Waals surface area contributed by atoms with Gasteiger partial charge in [-0.1, -0.05) is 43.3 Å². The molecule has 3 rings (SSSR count). The van der Waals surface area contributed by atoms with Gasteiger partial charge in [-0.25, -0.2) is 8.78 Å². The second-order valence-corrected chi connectivity index (χ2v) is 6.64. The number of halogens is 3. The fourth-order valence-corrected chi connectivity index (χ4v) is 3.21. The van der Waals surface area contributed by atoms with Gasteiger partial charge in [-0.05, 0) is 24.1 Å². The van der Waals surface area contributed by atoms with Gasteiger partial charge in [-0.2, -0.15) is 0 Å². The Labute approximate surface area is 168 Å². The first-order chi connectivity index (χ1) is 12.9. The fourth-order valence-electron chi connectivity index (χ4n) is 3.21. The van der Waals surface area contributed by atoms with Gasteiger partial charge < -0.3 is 16.0 Å². The average Bonchev–Trinajstić information content (AvgIpc) is 3.01. The number of hydrogen-bond donors (Lipinski definition) is 2. The Kier molecular flexibility index (Phi) is 7.10. The molecular weight excluding hydrogens is 388 g/mol. The Bertz CT molecular complexity index is 830. The highest BCUT2D eigenvalue weighted by molar-refractivity contribution is 6.01. The maximum atomic E-state index is 13.9. The molecule has 0 radical (unpaired) electrons. The molecule has 0 saturated carbocycles. The van der Waals surface area contributed by atoms with Crippen molar-refractivity contribution in [3.63, 3.8) is 0 Å². The van der Waals surface area contributed by atoms with E-state index in [9.17, 15) is 18.4 Å². The number of carbonyl (C=O) groups excluding carboxylic acids is 2. The molecule has 5 nitrogen and oxygen atoms in total. The number of benzene rings is 2. The summed E-state index contributed by atoms with van der Waals surface area (Å²) in [5.74, 6) is -3.10. The molecule has 0 aliphatic carbocycles. The van der Waals surface area contributed by atoms with E-state index < -0.39 is 35.5 Å². The summed E-state index contributed by atoms with van der Waals surface area (Å²) in [6.45, 7) is 1.81. The molecule has 8 heteroatoms. The molecule has 3 atom stereocenters. The quantitative estimate of drug-likeness (QED) is 0.797. The molecule has 150 valence electrons. The van der Waals surface area contributed by atoms with Gasteiger partial charge in [0.25, 0.3) is 0 Å². The van der Waals surface area contributed by atoms with E-state index in [1.54, 1.807) is 6.92 Å². The number of para-hydroxylation sites is 1. The minimum absolute atomic E-state index is 0. The normalized spacial score (nSPS) is 18.4. The van der Waals surface area contributed by atoms with Crippen LogP contribution in [-0.4, -0.2) is 24.4 Å². The van der Waals surface area contributed by atoms with Crippen LogP contribution in [0.5, 0.6) is 0 Å². The van der Waals surface area contributed by atoms with Crippen molar-refractivity contribution < 1.29 is 18.4 Å². The number of hydrogen-bond acceptors (Lipinski definition) is 3. The molecule has 2 aromatic carbocycles. The lowest BCUT2D eigenvalue weighted by molar-refractivity contribution is -0.129. The zero-order valence-electron chi connectivity index (χ0n) is 15.3. The summed E-state index contributed by atoms with van der Waals surface area (Å²) in [6.07, 6.45) is 0.269. The third-order valence-corrected chi connectivity index (χ3v) is 4.87. The Balaban J connectivity index is 0.00000280. The lowest BCUT2D eigenvalue weighted by Crippen LogP contribution is -2.45. The third kappa shape index (κ3) is 4.31. The van der Waals surface area contributed by atoms with E-state index in [-0.39, 0.29) is 37.0 Å². The van der Waals surface area contributed by atoms with E-state index in [2.05, 4.69) is 5.32 Å². The van der Waals surface area contributed by atoms with Crippen molar-refractivity contribution in [3.8, 4) is 0 Å². The largest absolute Gasteiger partial charge is 0.344 e. The minimum atomic E-state index is -0.832. The summed E-state index contributed by atoms with van der Waals surface area (Å²) in [5, 5.41) is 2.66. The summed E-state index contributed by atoms with van der Waals surface area (Å²) in [4.78, 5) is 26.1. The van der Waals surface area contributed by atoms with Gasteiger partial charge in [0.15, 0.2) is 0 Å². The Morgan fingerprint density at radius 2 is 1.75 bits per heavy atom. The van der Waals surface area contributed by atoms with E-state index in [0.717, 1.165) is 22.6 Å². The predicted molar refractivity (Wildman–Crippen MR) is 105 cm³/mol. The first-order valence-corrected chi connectivity index (χ1v) is 8.76. The number of anilines is 1. The molecule has 1 heterocycles. The standard InChI is InChI=1S/C20H21F2N3O2.ClH/c1-12(17(23)13-6-3-2-4-7-13)19(26)24-16-10-11-25(20(16)27)18-14(21)8-5-9-15(18)22;/h2-9,12,16-17H,10-11,23H2,1H3,(H,24,26);1H. The zero-order chi connectivity index (χ0) is 19.6. The van der Waals surface area contributed by atoms with Gasteiger partial charge in [0.2, 0.25) is 11.8 Å². The van der Waals surface area contributed by atoms with Crippen molar-refractivity contribution in [3.05, 3.63) is 65.7 Å². The predicted octanol–water partition coefficient (Wildman–Crippen LogP) is 2.94. The molecule has 1 aliphatic rings. The number of nitrogens with two attached hydrogens (primary N) is 1. The molecule has 1 saturated heterocycles. The van der Waals surface area contributed by atoms with Crippen molar-refractivity contribution in [2.24, 2.45) is 11.7 Å². The second-order valence-electron chi connectivity index (χ2n) is 6.64. The molecular formula is C20H22ClF2N3O2. The van der Waals surface area contributed by atoms with E-state index >= 15 is 0 Å². The highest BCUT2D eigenvalue weighted by atomic mass is 35.5. The van der Waals surface area contributed by atoms with Gasteiger partial charge in [0.1, 0.15) is 23.4 Å². The van der Waals surface area contributed by atoms with E-state index in [1.807, 2.05) is 30.3 Å². The SMILES string of the molecule is CC(C(=O)NC1CCN(c2c(F)cccc2F)C1=O)C(N)c1ccccc1.Cl. The summed E-state index contributed by atoms with van der Waals surface area (Å²) in [7, 11) is 0. The molecule has 1 aliphatic heterocycles. The number of rotatable bonds is 5. The first kappa shape index (κ1) is 21.8. The Morgan fingerprint density at radius 3 is 2.36 bits per heavy atom. The van der Waals surface area contributed by atoms with Crippen LogP contribution < -0.4 is 16.0 Å². The van der Waals surface area contributed by atoms with Crippen molar-refractivity contribution >= 4 is 29.9 Å². The van der Waals surface area contributed by atoms with Crippen LogP contribution in [0.3, 0.4) is 0 Å². The Hall–Kier alpha value is -2.51. The van der Waals surface area contributed by atoms with Crippen LogP contribution in [0.15, 0.2) is 48.5 Å². The first-order valence-electron chi connectivity index (χ1n) is 8.76. The molecule has 0 spiro atoms. The molecule has 2 aromatic rings. The molecule has 3 N–H and O–H groups in total. The molecule has 2 amide bonds. The van der Waals surface area contributed by atoms with Gasteiger partial charge in [0, 0.05) is 12.6 Å². The van der Waals surface area contributed by atoms with E-state index in [4.69, 9.17) is 5.73 Å². The van der Waals surface area contributed by atoms with Crippen LogP contribution in [0.4, 0.5) is 14.5 Å². The van der Waals surface area contributed by atoms with Crippen LogP contribution in [0.2, 0.25) is 0 Å². The highest BCUT2D eigenvalue weighted by Gasteiger charge is 2.37. The zero-order valence-corrected chi connectivity index (χ0v) is 16.1. The van der Waals surface area contributed by atoms with Crippen molar-refractivity contribution in [1.29, 1.82) is 0 Å². The van der Waals surface area contributed by atoms with Gasteiger partial charge >= 0.3 is 0 Å². The molecule has 1 fully saturated rings. The summed E-state index contributed by atoms with van der Waals surface area (Å²) in [5.41, 5.74) is 6.58. The second kappa shape index (κ2) is 9.12. The van der Waals surface area contributed by atoms with Crippen LogP contribution >= 0.6 is 12.4 Å². The van der Waals surface area contributed by atoms with Crippen LogP contribution in [-0.2, 0) is 9.59 Å². The summed E-state index contributed by atoms with van der Waals surface area (Å²) in [6, 6.07) is 11.3. The minimum Gasteiger partial charge on any atom is -0.344 e. The lowest BCUT2D eigenvalue weighted by Gasteiger charge is -2.22. The number of nitrogens with one attached hydrogen (secondary N) is 1. The topological polar surface area (TPSA) is 75.4 Å². The maximum Gasteiger partial charge on any atom is 0.249 e. The summed E-state index contributed by atoms with van der Waals surface area (Å²) < 4.78 is 27.9. The molecule has 28 heavy (non-hydrogen) atoms. The van der Waals surface area contributed by atoms with Crippen molar-refractivity contribution in [2.45, 2.75) is 25.4 Å². The third-order valence-electron chi connectivity index (χ3n) is 4.87. The number of carbonyl (C=O) groups is 2. The van der Waals surface area contributed by atoms with E-state index in [0.29, 0.717) is 0 Å². The van der Waals surface area contributed by atoms with Crippen LogP contribution in [0.1, 0.15) is 24.9 Å².